The van der Waals surface area contributed by atoms with Crippen LogP contribution in [0.5, 0.6) is 0 Å². The summed E-state index contributed by atoms with van der Waals surface area (Å²) in [6.45, 7) is 2.11. The van der Waals surface area contributed by atoms with Crippen molar-refractivity contribution in [1.29, 1.82) is 0 Å². The maximum absolute atomic E-state index is 3.49. The lowest BCUT2D eigenvalue weighted by molar-refractivity contribution is 0.888. The average molecular weight is 468 g/mol. The summed E-state index contributed by atoms with van der Waals surface area (Å²) in [6.07, 6.45) is 1.13. The highest BCUT2D eigenvalue weighted by Crippen LogP contribution is 2.34. The second-order valence-electron chi connectivity index (χ2n) is 1.67. The van der Waals surface area contributed by atoms with Gasteiger partial charge in [0.25, 0.3) is 0 Å². The Kier molecular flexibility index (Phi) is 5.64. The van der Waals surface area contributed by atoms with Crippen molar-refractivity contribution in [3.8, 4) is 0 Å². The number of hydrogen-bond donors (Lipinski definition) is 0. The average Bonchev–Trinajstić information content (AvgIpc) is 1.21. The van der Waals surface area contributed by atoms with E-state index in [2.05, 4.69) is 84.0 Å². The Morgan fingerprint density at radius 2 is 1.88 bits per heavy atom. The molecular weight excluding hydrogens is 462 g/mol. The highest BCUT2D eigenvalue weighted by Gasteiger charge is 2.17. The fourth-order valence-electron chi connectivity index (χ4n) is 0.271. The molecule has 0 saturated heterocycles. The molecule has 0 aromatic heterocycles. The van der Waals surface area contributed by atoms with Crippen molar-refractivity contribution in [2.45, 2.75) is 18.5 Å². The van der Waals surface area contributed by atoms with Gasteiger partial charge in [-0.3, -0.25) is 0 Å². The van der Waals surface area contributed by atoms with E-state index in [0.717, 1.165) is 6.42 Å². The van der Waals surface area contributed by atoms with Gasteiger partial charge in [-0.05, 0) is 13.3 Å². The van der Waals surface area contributed by atoms with E-state index in [9.17, 15) is 0 Å². The normalized spacial score (nSPS) is 12.8. The van der Waals surface area contributed by atoms with E-state index in [1.54, 1.807) is 0 Å². The summed E-state index contributed by atoms with van der Waals surface area (Å²) in [7, 11) is 0. The fourth-order valence-corrected chi connectivity index (χ4v) is 5.10. The number of alkyl halides is 4. The summed E-state index contributed by atoms with van der Waals surface area (Å²) >= 11 is 11.8. The van der Waals surface area contributed by atoms with Gasteiger partial charge in [-0.2, -0.15) is 0 Å². The standard InChI is InChI=1S/C4H6Br2I2/c1-4(5,6)2-3(7)8/h3H,2H2,1H3. The molecule has 0 atom stereocenters. The van der Waals surface area contributed by atoms with Crippen LogP contribution in [0.15, 0.2) is 0 Å². The van der Waals surface area contributed by atoms with Crippen LogP contribution >= 0.6 is 77.0 Å². The van der Waals surface area contributed by atoms with E-state index in [4.69, 9.17) is 0 Å². The Morgan fingerprint density at radius 1 is 1.50 bits per heavy atom. The highest BCUT2D eigenvalue weighted by molar-refractivity contribution is 14.2. The van der Waals surface area contributed by atoms with Crippen LogP contribution in [-0.2, 0) is 0 Å². The lowest BCUT2D eigenvalue weighted by atomic mass is 10.4. The molecule has 0 spiro atoms. The van der Waals surface area contributed by atoms with Gasteiger partial charge in [-0.25, -0.2) is 0 Å². The fraction of sp³-hybridized carbons (Fsp3) is 1.00. The molecule has 0 rings (SSSR count). The molecule has 0 bridgehead atoms. The minimum atomic E-state index is 0.132. The third-order valence-corrected chi connectivity index (χ3v) is 2.04. The first-order chi connectivity index (χ1) is 3.42. The van der Waals surface area contributed by atoms with E-state index in [1.807, 2.05) is 0 Å². The highest BCUT2D eigenvalue weighted by atomic mass is 127. The summed E-state index contributed by atoms with van der Waals surface area (Å²) < 4.78 is 0.821. The minimum absolute atomic E-state index is 0.132. The van der Waals surface area contributed by atoms with Gasteiger partial charge >= 0.3 is 0 Å². The van der Waals surface area contributed by atoms with Crippen LogP contribution in [0.4, 0.5) is 0 Å². The van der Waals surface area contributed by atoms with Crippen LogP contribution in [0.3, 0.4) is 0 Å². The maximum Gasteiger partial charge on any atom is 0.0795 e. The van der Waals surface area contributed by atoms with Crippen LogP contribution < -0.4 is 0 Å². The Balaban J connectivity index is 3.39. The Morgan fingerprint density at radius 3 is 1.88 bits per heavy atom. The predicted molar refractivity (Wildman–Crippen MR) is 62.7 cm³/mol. The second kappa shape index (κ2) is 4.33. The first kappa shape index (κ1) is 10.4. The van der Waals surface area contributed by atoms with Crippen molar-refractivity contribution >= 4 is 77.0 Å². The zero-order valence-electron chi connectivity index (χ0n) is 4.30. The monoisotopic (exact) mass is 466 g/mol. The smallest absolute Gasteiger partial charge is 0.0730 e. The molecule has 0 aromatic rings. The Labute approximate surface area is 94.1 Å². The summed E-state index contributed by atoms with van der Waals surface area (Å²) in [4.78, 5) is 0. The molecule has 0 aromatic carbocycles. The predicted octanol–water partition coefficient (Wildman–Crippen LogP) is 4.08. The van der Waals surface area contributed by atoms with Gasteiger partial charge in [0, 0.05) is 0 Å². The molecule has 0 saturated carbocycles. The van der Waals surface area contributed by atoms with Crippen molar-refractivity contribution < 1.29 is 0 Å². The molecule has 8 heavy (non-hydrogen) atoms. The largest absolute Gasteiger partial charge is 0.0795 e. The molecule has 0 aliphatic rings. The molecule has 0 fully saturated rings. The van der Waals surface area contributed by atoms with E-state index in [1.165, 1.54) is 0 Å². The van der Waals surface area contributed by atoms with Crippen LogP contribution in [0.25, 0.3) is 0 Å². The van der Waals surface area contributed by atoms with Crippen molar-refractivity contribution in [1.82, 2.24) is 0 Å². The van der Waals surface area contributed by atoms with Crippen LogP contribution in [0.1, 0.15) is 13.3 Å². The molecule has 0 nitrogen and oxygen atoms in total. The first-order valence-electron chi connectivity index (χ1n) is 2.08. The van der Waals surface area contributed by atoms with Gasteiger partial charge < -0.3 is 0 Å². The quantitative estimate of drug-likeness (QED) is 0.424. The van der Waals surface area contributed by atoms with Crippen molar-refractivity contribution in [2.24, 2.45) is 0 Å². The number of rotatable bonds is 2. The van der Waals surface area contributed by atoms with Gasteiger partial charge in [0.1, 0.15) is 0 Å². The van der Waals surface area contributed by atoms with Crippen LogP contribution in [0.2, 0.25) is 0 Å². The molecule has 0 N–H and O–H groups in total. The second-order valence-corrected chi connectivity index (χ2v) is 11.6. The molecule has 0 radical (unpaired) electrons. The summed E-state index contributed by atoms with van der Waals surface area (Å²) in [6, 6.07) is 0. The molecule has 50 valence electrons. The van der Waals surface area contributed by atoms with Crippen LogP contribution in [-0.4, -0.2) is 5.16 Å². The third kappa shape index (κ3) is 8.42. The SMILES string of the molecule is CC(Br)(Br)CC(I)I. The number of hydrogen-bond acceptors (Lipinski definition) is 0. The number of halogens is 4. The molecule has 0 aliphatic carbocycles. The third-order valence-electron chi connectivity index (χ3n) is 0.513. The molecular formula is C4H6Br2I2. The maximum atomic E-state index is 3.49. The summed E-state index contributed by atoms with van der Waals surface area (Å²) in [5.74, 6) is 0. The van der Waals surface area contributed by atoms with Crippen LogP contribution in [0, 0.1) is 0 Å². The zero-order valence-corrected chi connectivity index (χ0v) is 11.8. The first-order valence-corrected chi connectivity index (χ1v) is 6.15. The molecule has 4 heteroatoms. The minimum Gasteiger partial charge on any atom is -0.0730 e. The summed E-state index contributed by atoms with van der Waals surface area (Å²) in [5.41, 5.74) is 0. The molecule has 0 unspecified atom stereocenters. The zero-order chi connectivity index (χ0) is 6.78. The topological polar surface area (TPSA) is 0 Å². The van der Waals surface area contributed by atoms with Crippen molar-refractivity contribution in [3.63, 3.8) is 0 Å². The van der Waals surface area contributed by atoms with E-state index < -0.39 is 0 Å². The van der Waals surface area contributed by atoms with E-state index in [0.29, 0.717) is 1.93 Å². The van der Waals surface area contributed by atoms with E-state index >= 15 is 0 Å². The molecule has 0 aliphatic heterocycles. The molecule has 0 amide bonds. The summed E-state index contributed by atoms with van der Waals surface area (Å²) in [5, 5.41) is 0. The Hall–Kier alpha value is 2.42. The lowest BCUT2D eigenvalue weighted by Gasteiger charge is -2.13. The van der Waals surface area contributed by atoms with Gasteiger partial charge in [0.15, 0.2) is 0 Å². The lowest BCUT2D eigenvalue weighted by Crippen LogP contribution is -2.07. The van der Waals surface area contributed by atoms with Crippen molar-refractivity contribution in [2.75, 3.05) is 0 Å². The Bertz CT molecular complexity index is 66.9. The molecule has 0 heterocycles. The van der Waals surface area contributed by atoms with Gasteiger partial charge in [-0.15, -0.1) is 0 Å². The van der Waals surface area contributed by atoms with E-state index in [-0.39, 0.29) is 3.23 Å². The van der Waals surface area contributed by atoms with Crippen molar-refractivity contribution in [3.05, 3.63) is 0 Å². The van der Waals surface area contributed by atoms with Gasteiger partial charge in [0.2, 0.25) is 0 Å². The van der Waals surface area contributed by atoms with Gasteiger partial charge in [0.05, 0.1) is 5.16 Å². The van der Waals surface area contributed by atoms with Gasteiger partial charge in [-0.1, -0.05) is 77.0 Å².